The molecule has 0 amide bonds. The van der Waals surface area contributed by atoms with Crippen LogP contribution in [0.15, 0.2) is 60.7 Å². The summed E-state index contributed by atoms with van der Waals surface area (Å²) in [4.78, 5) is 5.61. The Morgan fingerprint density at radius 1 is 0.810 bits per heavy atom. The molecule has 2 heteroatoms. The molecule has 2 nitrogen and oxygen atoms in total. The molecule has 1 aromatic heterocycles. The van der Waals surface area contributed by atoms with Gasteiger partial charge < -0.3 is 9.88 Å². The average Bonchev–Trinajstić information content (AvgIpc) is 2.90. The van der Waals surface area contributed by atoms with Crippen LogP contribution in [0.3, 0.4) is 0 Å². The van der Waals surface area contributed by atoms with Crippen molar-refractivity contribution in [2.24, 2.45) is 0 Å². The molecule has 0 spiro atoms. The highest BCUT2D eigenvalue weighted by molar-refractivity contribution is 5.82. The molecule has 0 radical (unpaired) electrons. The molecule has 2 aromatic carbocycles. The van der Waals surface area contributed by atoms with Gasteiger partial charge in [0.15, 0.2) is 0 Å². The highest BCUT2D eigenvalue weighted by atomic mass is 15.1. The van der Waals surface area contributed by atoms with Crippen LogP contribution >= 0.6 is 0 Å². The molecule has 1 N–H and O–H groups in total. The zero-order chi connectivity index (χ0) is 14.8. The number of aryl methyl sites for hydroxylation is 1. The van der Waals surface area contributed by atoms with E-state index in [0.717, 1.165) is 0 Å². The maximum atomic E-state index is 3.49. The van der Waals surface area contributed by atoms with Gasteiger partial charge in [-0.05, 0) is 36.2 Å². The maximum Gasteiger partial charge on any atom is 0.0535 e. The van der Waals surface area contributed by atoms with Crippen LogP contribution in [-0.4, -0.2) is 19.1 Å². The summed E-state index contributed by atoms with van der Waals surface area (Å²) >= 11 is 0. The van der Waals surface area contributed by atoms with Crippen molar-refractivity contribution in [1.82, 2.24) is 4.98 Å². The molecule has 3 aromatic rings. The van der Waals surface area contributed by atoms with Crippen LogP contribution in [0.25, 0.3) is 22.4 Å². The van der Waals surface area contributed by atoms with Crippen LogP contribution in [0.1, 0.15) is 5.69 Å². The molecule has 0 aliphatic rings. The summed E-state index contributed by atoms with van der Waals surface area (Å²) in [6.07, 6.45) is 0. The van der Waals surface area contributed by atoms with E-state index in [1.54, 1.807) is 0 Å². The van der Waals surface area contributed by atoms with E-state index in [9.17, 15) is 0 Å². The number of rotatable bonds is 3. The van der Waals surface area contributed by atoms with Gasteiger partial charge in [0.25, 0.3) is 0 Å². The van der Waals surface area contributed by atoms with Gasteiger partial charge in [0.05, 0.1) is 5.69 Å². The van der Waals surface area contributed by atoms with Crippen LogP contribution in [0.5, 0.6) is 0 Å². The van der Waals surface area contributed by atoms with Crippen molar-refractivity contribution in [2.45, 2.75) is 6.92 Å². The summed E-state index contributed by atoms with van der Waals surface area (Å²) in [6, 6.07) is 21.4. The second-order valence-electron chi connectivity index (χ2n) is 5.55. The van der Waals surface area contributed by atoms with Gasteiger partial charge >= 0.3 is 0 Å². The fraction of sp³-hybridized carbons (Fsp3) is 0.158. The van der Waals surface area contributed by atoms with Crippen molar-refractivity contribution in [3.63, 3.8) is 0 Å². The van der Waals surface area contributed by atoms with Gasteiger partial charge in [0.1, 0.15) is 0 Å². The van der Waals surface area contributed by atoms with E-state index in [0.29, 0.717) is 0 Å². The second-order valence-corrected chi connectivity index (χ2v) is 5.55. The molecule has 0 fully saturated rings. The van der Waals surface area contributed by atoms with E-state index in [4.69, 9.17) is 0 Å². The lowest BCUT2D eigenvalue weighted by molar-refractivity contribution is 1.13. The number of benzene rings is 2. The lowest BCUT2D eigenvalue weighted by Gasteiger charge is -2.13. The van der Waals surface area contributed by atoms with Crippen molar-refractivity contribution in [3.05, 3.63) is 66.4 Å². The highest BCUT2D eigenvalue weighted by Crippen LogP contribution is 2.33. The quantitative estimate of drug-likeness (QED) is 0.733. The number of H-pyrrole nitrogens is 1. The Morgan fingerprint density at radius 3 is 2.10 bits per heavy atom. The highest BCUT2D eigenvalue weighted by Gasteiger charge is 2.10. The molecule has 0 saturated carbocycles. The molecule has 0 aliphatic heterocycles. The molecule has 21 heavy (non-hydrogen) atoms. The Morgan fingerprint density at radius 2 is 1.48 bits per heavy atom. The summed E-state index contributed by atoms with van der Waals surface area (Å²) in [5.41, 5.74) is 7.29. The molecular formula is C19H20N2. The van der Waals surface area contributed by atoms with Gasteiger partial charge in [-0.1, -0.05) is 42.5 Å². The Labute approximate surface area is 126 Å². The molecule has 0 saturated heterocycles. The van der Waals surface area contributed by atoms with E-state index >= 15 is 0 Å². The second kappa shape index (κ2) is 5.49. The third-order valence-corrected chi connectivity index (χ3v) is 3.71. The molecule has 0 bridgehead atoms. The summed E-state index contributed by atoms with van der Waals surface area (Å²) in [7, 11) is 4.12. The average molecular weight is 276 g/mol. The first kappa shape index (κ1) is 13.5. The molecule has 106 valence electrons. The zero-order valence-corrected chi connectivity index (χ0v) is 12.7. The first-order valence-electron chi connectivity index (χ1n) is 7.18. The predicted octanol–water partition coefficient (Wildman–Crippen LogP) is 4.72. The van der Waals surface area contributed by atoms with Crippen LogP contribution in [0.2, 0.25) is 0 Å². The van der Waals surface area contributed by atoms with Crippen molar-refractivity contribution < 1.29 is 0 Å². The van der Waals surface area contributed by atoms with Crippen molar-refractivity contribution in [3.8, 4) is 22.4 Å². The van der Waals surface area contributed by atoms with Gasteiger partial charge in [0, 0.05) is 31.0 Å². The standard InChI is InChI=1S/C19H20N2/c1-14-13-18(15-7-5-4-6-8-15)19(20-14)16-9-11-17(12-10-16)21(2)3/h4-13,20H,1-3H3. The van der Waals surface area contributed by atoms with Crippen LogP contribution in [0.4, 0.5) is 5.69 Å². The van der Waals surface area contributed by atoms with Crippen LogP contribution < -0.4 is 4.90 Å². The van der Waals surface area contributed by atoms with E-state index in [2.05, 4.69) is 91.6 Å². The van der Waals surface area contributed by atoms with Crippen molar-refractivity contribution in [2.75, 3.05) is 19.0 Å². The fourth-order valence-electron chi connectivity index (χ4n) is 2.59. The Bertz CT molecular complexity index is 722. The summed E-state index contributed by atoms with van der Waals surface area (Å²) in [5.74, 6) is 0. The first-order chi connectivity index (χ1) is 10.1. The molecular weight excluding hydrogens is 256 g/mol. The van der Waals surface area contributed by atoms with E-state index < -0.39 is 0 Å². The minimum absolute atomic E-state index is 1.18. The van der Waals surface area contributed by atoms with Crippen molar-refractivity contribution >= 4 is 5.69 Å². The van der Waals surface area contributed by atoms with Crippen LogP contribution in [0, 0.1) is 6.92 Å². The molecule has 0 aliphatic carbocycles. The van der Waals surface area contributed by atoms with E-state index in [1.807, 2.05) is 0 Å². The smallest absolute Gasteiger partial charge is 0.0535 e. The van der Waals surface area contributed by atoms with E-state index in [-0.39, 0.29) is 0 Å². The van der Waals surface area contributed by atoms with Gasteiger partial charge in [0.2, 0.25) is 0 Å². The topological polar surface area (TPSA) is 19.0 Å². The number of hydrogen-bond donors (Lipinski definition) is 1. The summed E-state index contributed by atoms with van der Waals surface area (Å²) < 4.78 is 0. The third-order valence-electron chi connectivity index (χ3n) is 3.71. The zero-order valence-electron chi connectivity index (χ0n) is 12.7. The number of nitrogens with one attached hydrogen (secondary N) is 1. The van der Waals surface area contributed by atoms with Crippen molar-refractivity contribution in [1.29, 1.82) is 0 Å². The molecule has 1 heterocycles. The van der Waals surface area contributed by atoms with Gasteiger partial charge in [-0.15, -0.1) is 0 Å². The lowest BCUT2D eigenvalue weighted by atomic mass is 10.0. The number of aromatic amines is 1. The monoisotopic (exact) mass is 276 g/mol. The Hall–Kier alpha value is -2.48. The number of aromatic nitrogens is 1. The maximum absolute atomic E-state index is 3.49. The molecule has 0 unspecified atom stereocenters. The minimum atomic E-state index is 1.18. The normalized spacial score (nSPS) is 10.6. The van der Waals surface area contributed by atoms with Gasteiger partial charge in [-0.3, -0.25) is 0 Å². The predicted molar refractivity (Wildman–Crippen MR) is 90.7 cm³/mol. The van der Waals surface area contributed by atoms with Gasteiger partial charge in [-0.2, -0.15) is 0 Å². The first-order valence-corrected chi connectivity index (χ1v) is 7.18. The van der Waals surface area contributed by atoms with E-state index in [1.165, 1.54) is 33.8 Å². The SMILES string of the molecule is Cc1cc(-c2ccccc2)c(-c2ccc(N(C)C)cc2)[nH]1. The van der Waals surface area contributed by atoms with Crippen LogP contribution in [-0.2, 0) is 0 Å². The van der Waals surface area contributed by atoms with Gasteiger partial charge in [-0.25, -0.2) is 0 Å². The third kappa shape index (κ3) is 2.70. The number of nitrogens with zero attached hydrogens (tertiary/aromatic N) is 1. The lowest BCUT2D eigenvalue weighted by Crippen LogP contribution is -2.07. The molecule has 0 atom stereocenters. The number of hydrogen-bond acceptors (Lipinski definition) is 1. The number of anilines is 1. The Kier molecular flexibility index (Phi) is 3.53. The summed E-state index contributed by atoms with van der Waals surface area (Å²) in [6.45, 7) is 2.10. The fourth-order valence-corrected chi connectivity index (χ4v) is 2.59. The minimum Gasteiger partial charge on any atom is -0.378 e. The Balaban J connectivity index is 2.07. The largest absolute Gasteiger partial charge is 0.378 e. The molecule has 3 rings (SSSR count). The summed E-state index contributed by atoms with van der Waals surface area (Å²) in [5, 5.41) is 0.